The van der Waals surface area contributed by atoms with Crippen LogP contribution >= 0.6 is 15.9 Å². The first kappa shape index (κ1) is 14.3. The number of fused-ring (bicyclic) bond motifs is 1. The van der Waals surface area contributed by atoms with Gasteiger partial charge in [0, 0.05) is 30.1 Å². The van der Waals surface area contributed by atoms with Crippen LogP contribution in [0.1, 0.15) is 44.7 Å². The summed E-state index contributed by atoms with van der Waals surface area (Å²) in [5.41, 5.74) is 2.43. The predicted octanol–water partition coefficient (Wildman–Crippen LogP) is 3.64. The lowest BCUT2D eigenvalue weighted by Gasteiger charge is -2.44. The van der Waals surface area contributed by atoms with Crippen molar-refractivity contribution in [2.24, 2.45) is 0 Å². The highest BCUT2D eigenvalue weighted by Crippen LogP contribution is 2.29. The van der Waals surface area contributed by atoms with Gasteiger partial charge in [-0.1, -0.05) is 20.3 Å². The van der Waals surface area contributed by atoms with Crippen LogP contribution in [0.3, 0.4) is 0 Å². The van der Waals surface area contributed by atoms with Crippen LogP contribution in [-0.4, -0.2) is 42.1 Å². The zero-order valence-corrected chi connectivity index (χ0v) is 14.1. The number of anilines is 1. The fourth-order valence-electron chi connectivity index (χ4n) is 3.43. The summed E-state index contributed by atoms with van der Waals surface area (Å²) >= 11 is 3.68. The van der Waals surface area contributed by atoms with Crippen LogP contribution in [0, 0.1) is 0 Å². The van der Waals surface area contributed by atoms with Crippen LogP contribution in [0.4, 0.5) is 5.69 Å². The van der Waals surface area contributed by atoms with E-state index in [4.69, 9.17) is 0 Å². The summed E-state index contributed by atoms with van der Waals surface area (Å²) in [7, 11) is 0. The molecule has 1 atom stereocenters. The van der Waals surface area contributed by atoms with Gasteiger partial charge < -0.3 is 4.90 Å². The molecule has 2 fully saturated rings. The molecule has 1 aromatic rings. The Morgan fingerprint density at radius 3 is 2.85 bits per heavy atom. The Bertz CT molecular complexity index is 475. The Labute approximate surface area is 130 Å². The molecular weight excluding hydrogens is 314 g/mol. The van der Waals surface area contributed by atoms with Crippen molar-refractivity contribution in [3.8, 4) is 0 Å². The van der Waals surface area contributed by atoms with Gasteiger partial charge in [0.1, 0.15) is 0 Å². The number of aromatic nitrogens is 1. The largest absolute Gasteiger partial charge is 0.367 e. The van der Waals surface area contributed by atoms with E-state index in [1.807, 2.05) is 0 Å². The second kappa shape index (κ2) is 6.02. The van der Waals surface area contributed by atoms with Gasteiger partial charge in [0.2, 0.25) is 0 Å². The van der Waals surface area contributed by atoms with E-state index in [1.165, 1.54) is 38.0 Å². The fourth-order valence-corrected chi connectivity index (χ4v) is 4.22. The van der Waals surface area contributed by atoms with Gasteiger partial charge >= 0.3 is 0 Å². The second-order valence-corrected chi connectivity index (χ2v) is 7.20. The molecule has 20 heavy (non-hydrogen) atoms. The summed E-state index contributed by atoms with van der Waals surface area (Å²) in [6.45, 7) is 9.17. The smallest absolute Gasteiger partial charge is 0.0572 e. The first-order chi connectivity index (χ1) is 9.65. The van der Waals surface area contributed by atoms with Gasteiger partial charge in [-0.15, -0.1) is 0 Å². The van der Waals surface area contributed by atoms with Gasteiger partial charge in [0.25, 0.3) is 0 Å². The number of nitrogens with zero attached hydrogens (tertiary/aromatic N) is 3. The minimum atomic E-state index is 0.466. The Hall–Kier alpha value is -0.610. The highest BCUT2D eigenvalue weighted by atomic mass is 79.9. The number of pyridine rings is 1. The summed E-state index contributed by atoms with van der Waals surface area (Å²) in [6, 6.07) is 3.00. The molecule has 0 saturated carbocycles. The molecule has 0 bridgehead atoms. The van der Waals surface area contributed by atoms with E-state index < -0.39 is 0 Å². The summed E-state index contributed by atoms with van der Waals surface area (Å²) in [5, 5.41) is 0. The molecule has 0 spiro atoms. The quantitative estimate of drug-likeness (QED) is 0.821. The number of piperidine rings is 1. The standard InChI is InChI=1S/C16H24BrN3/c1-12(2)16-15(17)9-14(10-18-16)20-8-7-19-6-4-3-5-13(19)11-20/h9-10,12-13H,3-8,11H2,1-2H3/t13-/m1/s1. The zero-order valence-electron chi connectivity index (χ0n) is 12.5. The Balaban J connectivity index is 1.75. The number of piperazine rings is 1. The van der Waals surface area contributed by atoms with Crippen molar-refractivity contribution < 1.29 is 0 Å². The van der Waals surface area contributed by atoms with E-state index >= 15 is 0 Å². The molecule has 0 N–H and O–H groups in total. The first-order valence-corrected chi connectivity index (χ1v) is 8.59. The van der Waals surface area contributed by atoms with Crippen molar-refractivity contribution in [3.05, 3.63) is 22.4 Å². The molecular formula is C16H24BrN3. The van der Waals surface area contributed by atoms with Crippen LogP contribution in [0.15, 0.2) is 16.7 Å². The Kier molecular flexibility index (Phi) is 4.32. The monoisotopic (exact) mass is 337 g/mol. The lowest BCUT2D eigenvalue weighted by molar-refractivity contribution is 0.133. The molecule has 2 aliphatic rings. The third-order valence-corrected chi connectivity index (χ3v) is 5.24. The molecule has 0 amide bonds. The van der Waals surface area contributed by atoms with Gasteiger partial charge in [-0.3, -0.25) is 9.88 Å². The lowest BCUT2D eigenvalue weighted by Crippen LogP contribution is -2.54. The molecule has 0 radical (unpaired) electrons. The lowest BCUT2D eigenvalue weighted by atomic mass is 9.99. The fraction of sp³-hybridized carbons (Fsp3) is 0.688. The van der Waals surface area contributed by atoms with Gasteiger partial charge in [0.15, 0.2) is 0 Å². The Morgan fingerprint density at radius 2 is 2.10 bits per heavy atom. The van der Waals surface area contributed by atoms with Crippen molar-refractivity contribution in [3.63, 3.8) is 0 Å². The molecule has 3 nitrogen and oxygen atoms in total. The summed E-state index contributed by atoms with van der Waals surface area (Å²) in [5.74, 6) is 0.466. The average molecular weight is 338 g/mol. The molecule has 0 aliphatic carbocycles. The highest BCUT2D eigenvalue weighted by molar-refractivity contribution is 9.10. The number of hydrogen-bond acceptors (Lipinski definition) is 3. The second-order valence-electron chi connectivity index (χ2n) is 6.35. The molecule has 0 aromatic carbocycles. The normalized spacial score (nSPS) is 24.0. The van der Waals surface area contributed by atoms with Crippen molar-refractivity contribution in [2.75, 3.05) is 31.1 Å². The zero-order chi connectivity index (χ0) is 14.1. The third kappa shape index (κ3) is 2.86. The summed E-state index contributed by atoms with van der Waals surface area (Å²) < 4.78 is 1.15. The number of rotatable bonds is 2. The first-order valence-electron chi connectivity index (χ1n) is 7.79. The molecule has 1 aromatic heterocycles. The minimum absolute atomic E-state index is 0.466. The van der Waals surface area contributed by atoms with E-state index in [2.05, 4.69) is 56.8 Å². The van der Waals surface area contributed by atoms with E-state index in [1.54, 1.807) is 0 Å². The molecule has 3 heterocycles. The highest BCUT2D eigenvalue weighted by Gasteiger charge is 2.29. The van der Waals surface area contributed by atoms with E-state index in [-0.39, 0.29) is 0 Å². The number of hydrogen-bond donors (Lipinski definition) is 0. The van der Waals surface area contributed by atoms with Crippen molar-refractivity contribution in [1.82, 2.24) is 9.88 Å². The third-order valence-electron chi connectivity index (χ3n) is 4.60. The van der Waals surface area contributed by atoms with E-state index in [9.17, 15) is 0 Å². The molecule has 4 heteroatoms. The predicted molar refractivity (Wildman–Crippen MR) is 87.5 cm³/mol. The van der Waals surface area contributed by atoms with Gasteiger partial charge in [0.05, 0.1) is 17.6 Å². The van der Waals surface area contributed by atoms with Gasteiger partial charge in [-0.2, -0.15) is 0 Å². The van der Waals surface area contributed by atoms with Crippen LogP contribution in [0.25, 0.3) is 0 Å². The molecule has 2 saturated heterocycles. The van der Waals surface area contributed by atoms with Crippen LogP contribution in [0.2, 0.25) is 0 Å². The van der Waals surface area contributed by atoms with Crippen LogP contribution in [-0.2, 0) is 0 Å². The summed E-state index contributed by atoms with van der Waals surface area (Å²) in [6.07, 6.45) is 6.18. The maximum atomic E-state index is 4.65. The summed E-state index contributed by atoms with van der Waals surface area (Å²) in [4.78, 5) is 9.83. The molecule has 0 unspecified atom stereocenters. The van der Waals surface area contributed by atoms with Crippen LogP contribution in [0.5, 0.6) is 0 Å². The van der Waals surface area contributed by atoms with Gasteiger partial charge in [-0.25, -0.2) is 0 Å². The minimum Gasteiger partial charge on any atom is -0.367 e. The number of halogens is 1. The van der Waals surface area contributed by atoms with Crippen molar-refractivity contribution >= 4 is 21.6 Å². The Morgan fingerprint density at radius 1 is 1.25 bits per heavy atom. The maximum Gasteiger partial charge on any atom is 0.0572 e. The van der Waals surface area contributed by atoms with Gasteiger partial charge in [-0.05, 0) is 47.3 Å². The molecule has 110 valence electrons. The SMILES string of the molecule is CC(C)c1ncc(N2CCN3CCCC[C@@H]3C2)cc1Br. The van der Waals surface area contributed by atoms with E-state index in [0.717, 1.165) is 29.3 Å². The van der Waals surface area contributed by atoms with Crippen LogP contribution < -0.4 is 4.90 Å². The van der Waals surface area contributed by atoms with E-state index in [0.29, 0.717) is 5.92 Å². The maximum absolute atomic E-state index is 4.65. The average Bonchev–Trinajstić information content (AvgIpc) is 2.46. The van der Waals surface area contributed by atoms with Crippen molar-refractivity contribution in [1.29, 1.82) is 0 Å². The molecule has 3 rings (SSSR count). The van der Waals surface area contributed by atoms with Crippen molar-refractivity contribution in [2.45, 2.75) is 45.1 Å². The topological polar surface area (TPSA) is 19.4 Å². The molecule has 2 aliphatic heterocycles.